The number of para-hydroxylation sites is 1. The van der Waals surface area contributed by atoms with Crippen molar-refractivity contribution in [3.63, 3.8) is 0 Å². The van der Waals surface area contributed by atoms with Gasteiger partial charge >= 0.3 is 0 Å². The zero-order valence-electron chi connectivity index (χ0n) is 29.8. The maximum atomic E-state index is 14.2. The molecule has 10 bridgehead atoms. The first kappa shape index (κ1) is 33.5. The van der Waals surface area contributed by atoms with Crippen LogP contribution < -0.4 is 25.8 Å². The summed E-state index contributed by atoms with van der Waals surface area (Å²) in [6.07, 6.45) is -0.249. The van der Waals surface area contributed by atoms with Gasteiger partial charge in [-0.15, -0.1) is 0 Å². The number of hydrogen-bond acceptors (Lipinski definition) is 9. The van der Waals surface area contributed by atoms with E-state index in [1.54, 1.807) is 0 Å². The first-order valence-corrected chi connectivity index (χ1v) is 18.9. The minimum Gasteiger partial charge on any atom is -0.453 e. The lowest BCUT2D eigenvalue weighted by Crippen LogP contribution is -2.54. The van der Waals surface area contributed by atoms with E-state index in [2.05, 4.69) is 10.6 Å². The van der Waals surface area contributed by atoms with Gasteiger partial charge in [0, 0.05) is 40.1 Å². The molecule has 3 aromatic carbocycles. The highest BCUT2D eigenvalue weighted by molar-refractivity contribution is 6.36. The molecule has 13 heteroatoms. The fourth-order valence-electron chi connectivity index (χ4n) is 8.59. The van der Waals surface area contributed by atoms with Crippen LogP contribution in [0.4, 0.5) is 0 Å². The lowest BCUT2D eigenvalue weighted by atomic mass is 9.72. The number of carbonyl (C=O) groups excluding carboxylic acids is 2. The van der Waals surface area contributed by atoms with Crippen molar-refractivity contribution in [3.05, 3.63) is 110 Å². The van der Waals surface area contributed by atoms with Gasteiger partial charge in [0.2, 0.25) is 17.7 Å². The first-order valence-electron chi connectivity index (χ1n) is 18.1. The minimum atomic E-state index is -1.21. The van der Waals surface area contributed by atoms with Crippen LogP contribution >= 0.6 is 23.2 Å². The van der Waals surface area contributed by atoms with Gasteiger partial charge in [-0.1, -0.05) is 99.4 Å². The molecule has 10 rings (SSSR count). The number of rotatable bonds is 4. The van der Waals surface area contributed by atoms with E-state index >= 15 is 0 Å². The number of amides is 2. The second-order valence-corrected chi connectivity index (χ2v) is 16.1. The summed E-state index contributed by atoms with van der Waals surface area (Å²) in [7, 11) is 0. The molecule has 54 heavy (non-hydrogen) atoms. The van der Waals surface area contributed by atoms with Crippen molar-refractivity contribution in [1.82, 2.24) is 20.6 Å². The van der Waals surface area contributed by atoms with Crippen LogP contribution in [0, 0.1) is 11.8 Å². The van der Waals surface area contributed by atoms with Crippen LogP contribution in [0.5, 0.6) is 11.5 Å². The molecule has 0 radical (unpaired) electrons. The molecule has 4 aliphatic heterocycles. The molecule has 274 valence electrons. The number of nitrogens with two attached hydrogens (primary N) is 1. The first-order chi connectivity index (χ1) is 25.9. The van der Waals surface area contributed by atoms with Crippen LogP contribution in [-0.4, -0.2) is 40.2 Å². The van der Waals surface area contributed by atoms with Crippen molar-refractivity contribution in [2.24, 2.45) is 17.6 Å². The van der Waals surface area contributed by atoms with E-state index in [-0.39, 0.29) is 40.9 Å². The number of carbonyl (C=O) groups is 2. The summed E-state index contributed by atoms with van der Waals surface area (Å²) in [6, 6.07) is 15.4. The Morgan fingerprint density at radius 1 is 1.00 bits per heavy atom. The molecule has 2 amide bonds. The fourth-order valence-corrected chi connectivity index (χ4v) is 9.13. The van der Waals surface area contributed by atoms with E-state index in [0.717, 1.165) is 38.9 Å². The quantitative estimate of drug-likeness (QED) is 0.179. The van der Waals surface area contributed by atoms with Gasteiger partial charge < -0.3 is 34.7 Å². The van der Waals surface area contributed by atoms with Gasteiger partial charge in [-0.3, -0.25) is 9.59 Å². The van der Waals surface area contributed by atoms with Crippen LogP contribution in [-0.2, 0) is 27.8 Å². The monoisotopic (exact) mass is 763 g/mol. The molecular weight excluding hydrogens is 729 g/mol. The molecule has 5 aliphatic rings. The number of ether oxygens (including phenoxy) is 2. The number of halogens is 2. The Hall–Kier alpha value is -5.10. The third kappa shape index (κ3) is 4.52. The standard InChI is InChI=1S/C41H35Cl2N5O6/c1-16(2)29(44)37(50)45-25-14-18-11-12-26-23(13-18)41-22-10-6-9-21(32(22)53-40(41)51-26)20-8-5-7-19-15-24(42)28(27(19)20)33-35(43)48-39(52-33)31-34(41)54-38(47-31)30(17(3)4)46-36(25)49/h5-13,16-17,25,29-30,40H,14-15,44H2,1-4H3,(H,45,50)(H,46,49)/t25-,29-,30-,40?,41?/m0/s1. The van der Waals surface area contributed by atoms with E-state index < -0.39 is 41.6 Å². The molecule has 5 atom stereocenters. The number of oxazole rings is 2. The third-order valence-electron chi connectivity index (χ3n) is 11.4. The summed E-state index contributed by atoms with van der Waals surface area (Å²) in [5, 5.41) is 6.76. The van der Waals surface area contributed by atoms with E-state index in [9.17, 15) is 9.59 Å². The molecule has 0 saturated carbocycles. The zero-order chi connectivity index (χ0) is 37.4. The van der Waals surface area contributed by atoms with E-state index in [4.69, 9.17) is 57.2 Å². The van der Waals surface area contributed by atoms with E-state index in [1.165, 1.54) is 0 Å². The molecule has 11 nitrogen and oxygen atoms in total. The number of nitrogens with one attached hydrogen (secondary N) is 2. The van der Waals surface area contributed by atoms with Crippen molar-refractivity contribution in [2.45, 2.75) is 70.4 Å². The van der Waals surface area contributed by atoms with E-state index in [0.29, 0.717) is 40.0 Å². The number of fused-ring (bicyclic) bond motifs is 7. The Morgan fingerprint density at radius 3 is 2.59 bits per heavy atom. The maximum absolute atomic E-state index is 14.2. The molecule has 1 spiro atoms. The van der Waals surface area contributed by atoms with Gasteiger partial charge in [0.25, 0.3) is 12.2 Å². The molecule has 2 aromatic heterocycles. The van der Waals surface area contributed by atoms with Crippen LogP contribution in [0.1, 0.15) is 79.0 Å². The highest BCUT2D eigenvalue weighted by Crippen LogP contribution is 2.63. The van der Waals surface area contributed by atoms with Crippen molar-refractivity contribution >= 4 is 40.6 Å². The fraction of sp³-hybridized carbons (Fsp3) is 0.317. The molecule has 1 aliphatic carbocycles. The SMILES string of the molecule is CC(C)[C@H](N)C(=O)N[C@H]1Cc2ccc3c(c2)C24c5cccc(c5OC2O3)-c2cccc3c2C(=C(Cl)C3)c2oc(nc2Cl)-c2nc(oc24)[C@H](C(C)C)NC1=O. The summed E-state index contributed by atoms with van der Waals surface area (Å²) in [6.45, 7) is 7.63. The lowest BCUT2D eigenvalue weighted by molar-refractivity contribution is -0.130. The smallest absolute Gasteiger partial charge is 0.262 e. The highest BCUT2D eigenvalue weighted by atomic mass is 35.5. The molecule has 0 fully saturated rings. The Labute approximate surface area is 320 Å². The summed E-state index contributed by atoms with van der Waals surface area (Å²) >= 11 is 14.0. The maximum Gasteiger partial charge on any atom is 0.262 e. The van der Waals surface area contributed by atoms with Crippen molar-refractivity contribution in [3.8, 4) is 34.2 Å². The molecule has 0 saturated heterocycles. The summed E-state index contributed by atoms with van der Waals surface area (Å²) in [4.78, 5) is 37.4. The molecule has 2 unspecified atom stereocenters. The predicted molar refractivity (Wildman–Crippen MR) is 200 cm³/mol. The largest absolute Gasteiger partial charge is 0.453 e. The van der Waals surface area contributed by atoms with Crippen molar-refractivity contribution < 1.29 is 27.9 Å². The van der Waals surface area contributed by atoms with Crippen LogP contribution in [0.3, 0.4) is 0 Å². The summed E-state index contributed by atoms with van der Waals surface area (Å²) in [5.41, 5.74) is 11.9. The Kier molecular flexibility index (Phi) is 7.25. The highest BCUT2D eigenvalue weighted by Gasteiger charge is 2.63. The molecule has 4 N–H and O–H groups in total. The van der Waals surface area contributed by atoms with Crippen molar-refractivity contribution in [1.29, 1.82) is 0 Å². The Bertz CT molecular complexity index is 2500. The molecule has 5 aromatic rings. The summed E-state index contributed by atoms with van der Waals surface area (Å²) in [5.74, 6) is 1.05. The van der Waals surface area contributed by atoms with Crippen LogP contribution in [0.15, 0.2) is 68.5 Å². The van der Waals surface area contributed by atoms with Gasteiger partial charge in [-0.05, 0) is 40.2 Å². The van der Waals surface area contributed by atoms with Crippen molar-refractivity contribution in [2.75, 3.05) is 0 Å². The van der Waals surface area contributed by atoms with Gasteiger partial charge in [-0.2, -0.15) is 4.98 Å². The Balaban J connectivity index is 1.29. The second-order valence-electron chi connectivity index (χ2n) is 15.3. The normalized spacial score (nSPS) is 23.2. The number of aromatic nitrogens is 2. The second kappa shape index (κ2) is 11.7. The van der Waals surface area contributed by atoms with Gasteiger partial charge in [-0.25, -0.2) is 4.98 Å². The molecule has 6 heterocycles. The van der Waals surface area contributed by atoms with Crippen LogP contribution in [0.2, 0.25) is 5.15 Å². The number of allylic oxidation sites excluding steroid dienone is 1. The lowest BCUT2D eigenvalue weighted by Gasteiger charge is -2.28. The predicted octanol–water partition coefficient (Wildman–Crippen LogP) is 6.80. The molecular formula is C41H35Cl2N5O6. The minimum absolute atomic E-state index is 0.113. The van der Waals surface area contributed by atoms with Gasteiger partial charge in [0.15, 0.2) is 27.8 Å². The number of nitrogens with zero attached hydrogens (tertiary/aromatic N) is 2. The van der Waals surface area contributed by atoms with Gasteiger partial charge in [0.1, 0.15) is 23.6 Å². The third-order valence-corrected chi connectivity index (χ3v) is 11.9. The van der Waals surface area contributed by atoms with Crippen LogP contribution in [0.25, 0.3) is 28.3 Å². The average Bonchev–Trinajstić information content (AvgIpc) is 3.94. The number of hydrogen-bond donors (Lipinski definition) is 3. The number of benzene rings is 3. The van der Waals surface area contributed by atoms with Gasteiger partial charge in [0.05, 0.1) is 6.04 Å². The zero-order valence-corrected chi connectivity index (χ0v) is 31.3. The summed E-state index contributed by atoms with van der Waals surface area (Å²) < 4.78 is 27.3. The Morgan fingerprint density at radius 2 is 1.80 bits per heavy atom. The van der Waals surface area contributed by atoms with E-state index in [1.807, 2.05) is 82.3 Å². The average molecular weight is 765 g/mol. The topological polar surface area (TPSA) is 155 Å².